The van der Waals surface area contributed by atoms with Gasteiger partial charge in [-0.05, 0) is 84.3 Å². The Hall–Kier alpha value is -6.80. The molecule has 0 aliphatic carbocycles. The molecule has 4 aromatic carbocycles. The van der Waals surface area contributed by atoms with Crippen LogP contribution >= 0.6 is 0 Å². The number of methoxy groups -OCH3 is 12. The molecule has 0 saturated carbocycles. The lowest BCUT2D eigenvalue weighted by molar-refractivity contribution is -0.941. The highest BCUT2D eigenvalue weighted by molar-refractivity contribution is 5.87. The van der Waals surface area contributed by atoms with Gasteiger partial charge in [-0.15, -0.1) is 0 Å². The number of nitrogens with zero attached hydrogens (tertiary/aromatic N) is 2. The molecule has 0 amide bonds. The molecule has 418 valence electrons. The predicted molar refractivity (Wildman–Crippen MR) is 278 cm³/mol. The molecule has 4 aromatic rings. The average Bonchev–Trinajstić information content (AvgIpc) is 3.42. The van der Waals surface area contributed by atoms with Crippen molar-refractivity contribution in [2.75, 3.05) is 126 Å². The summed E-state index contributed by atoms with van der Waals surface area (Å²) < 4.78 is 103. The lowest BCUT2D eigenvalue weighted by Gasteiger charge is -2.47. The molecule has 2 aliphatic rings. The first-order valence-electron chi connectivity index (χ1n) is 25.0. The monoisotopic (exact) mass is 1070 g/mol. The van der Waals surface area contributed by atoms with Crippen molar-refractivity contribution in [2.45, 2.75) is 69.4 Å². The van der Waals surface area contributed by atoms with Crippen molar-refractivity contribution < 1.29 is 94.4 Å². The summed E-state index contributed by atoms with van der Waals surface area (Å²) in [6.45, 7) is 1.37. The zero-order valence-corrected chi connectivity index (χ0v) is 46.4. The third-order valence-corrected chi connectivity index (χ3v) is 16.0. The van der Waals surface area contributed by atoms with Crippen molar-refractivity contribution in [1.29, 1.82) is 0 Å². The highest BCUT2D eigenvalue weighted by Crippen LogP contribution is 2.54. The topological polar surface area (TPSA) is 185 Å². The average molecular weight is 1070 g/mol. The SMILES string of the molecule is COc1cc(C[C@@H]2c3c(cc(OC)c(OC)c3OC)CC[N@+]2(C)CCCC(CCC[N@@+]2(C)CCc3cc(OC)c(OC)c(OC)c3[C@H]2Cc2cc(OC)c(OC)c(OC)c2)(C(=O)O)C(F)(F)C(=O)O)cc(OC)c1OC. The number of hydrogen-bond acceptors (Lipinski definition) is 14. The van der Waals surface area contributed by atoms with E-state index < -0.39 is 48.2 Å². The summed E-state index contributed by atoms with van der Waals surface area (Å²) in [5, 5.41) is 21.3. The van der Waals surface area contributed by atoms with Gasteiger partial charge in [0.25, 0.3) is 0 Å². The minimum atomic E-state index is -4.66. The Morgan fingerprint density at radius 2 is 0.776 bits per heavy atom. The molecule has 0 radical (unpaired) electrons. The van der Waals surface area contributed by atoms with Crippen LogP contribution in [0, 0.1) is 5.41 Å². The predicted octanol–water partition coefficient (Wildman–Crippen LogP) is 8.41. The smallest absolute Gasteiger partial charge is 0.375 e. The number of benzene rings is 4. The van der Waals surface area contributed by atoms with E-state index in [4.69, 9.17) is 56.8 Å². The number of aliphatic carboxylic acids is 2. The second-order valence-electron chi connectivity index (χ2n) is 19.8. The highest BCUT2D eigenvalue weighted by atomic mass is 19.3. The van der Waals surface area contributed by atoms with E-state index in [2.05, 4.69) is 0 Å². The zero-order chi connectivity index (χ0) is 55.9. The van der Waals surface area contributed by atoms with E-state index in [0.717, 1.165) is 33.4 Å². The summed E-state index contributed by atoms with van der Waals surface area (Å²) in [5.41, 5.74) is 2.04. The summed E-state index contributed by atoms with van der Waals surface area (Å²) >= 11 is 0. The molecule has 18 nitrogen and oxygen atoms in total. The molecule has 2 aliphatic heterocycles. The first kappa shape index (κ1) is 58.5. The van der Waals surface area contributed by atoms with Gasteiger partial charge in [-0.3, -0.25) is 4.79 Å². The highest BCUT2D eigenvalue weighted by Gasteiger charge is 2.64. The van der Waals surface area contributed by atoms with Crippen LogP contribution in [0.2, 0.25) is 0 Å². The number of carbonyl (C=O) groups is 2. The molecule has 76 heavy (non-hydrogen) atoms. The van der Waals surface area contributed by atoms with Crippen LogP contribution in [-0.4, -0.2) is 163 Å². The molecule has 20 heteroatoms. The van der Waals surface area contributed by atoms with Gasteiger partial charge < -0.3 is 76.0 Å². The summed E-state index contributed by atoms with van der Waals surface area (Å²) in [5.74, 6) is -3.98. The molecular weight excluding hydrogens is 995 g/mol. The van der Waals surface area contributed by atoms with Crippen LogP contribution in [0.25, 0.3) is 0 Å². The molecule has 0 saturated heterocycles. The van der Waals surface area contributed by atoms with Crippen molar-refractivity contribution >= 4 is 11.9 Å². The Balaban J connectivity index is 1.40. The van der Waals surface area contributed by atoms with E-state index >= 15 is 8.78 Å². The second kappa shape index (κ2) is 24.0. The summed E-state index contributed by atoms with van der Waals surface area (Å²) in [4.78, 5) is 26.4. The van der Waals surface area contributed by atoms with E-state index in [0.29, 0.717) is 108 Å². The van der Waals surface area contributed by atoms with Crippen LogP contribution < -0.4 is 56.8 Å². The molecule has 6 rings (SSSR count). The van der Waals surface area contributed by atoms with Crippen molar-refractivity contribution in [3.63, 3.8) is 0 Å². The standard InChI is InChI=1S/C56H74F2N2O16/c1-59(23-17-35-31-43(69-7)49(73-11)51(75-13)45(35)37(59)25-33-27-39(65-3)47(71-9)40(28-33)66-4)21-15-19-55(53(61)62,56(57,58)54(63)64)20-16-22-60(2)24-18-36-32-44(70-8)50(74-12)52(76-14)46(36)38(60)26-34-29-41(67-5)48(72-10)42(30-34)68-6/h27-32,37-38H,15-26H2,1-14H3/p+2/t37-,38-,59+,60+/m1/s1. The fourth-order valence-electron chi connectivity index (χ4n) is 11.9. The maximum atomic E-state index is 16.7. The first-order valence-corrected chi connectivity index (χ1v) is 25.0. The summed E-state index contributed by atoms with van der Waals surface area (Å²) in [6.07, 6.45) is 0.287. The van der Waals surface area contributed by atoms with Gasteiger partial charge in [0, 0.05) is 25.7 Å². The van der Waals surface area contributed by atoms with Crippen molar-refractivity contribution in [3.05, 3.63) is 69.8 Å². The maximum absolute atomic E-state index is 16.7. The number of halogens is 2. The maximum Gasteiger partial charge on any atom is 0.375 e. The van der Waals surface area contributed by atoms with Crippen LogP contribution in [0.4, 0.5) is 8.78 Å². The minimum Gasteiger partial charge on any atom is -0.493 e. The molecule has 0 bridgehead atoms. The summed E-state index contributed by atoms with van der Waals surface area (Å²) in [6, 6.07) is 10.3. The number of quaternary nitrogens is 2. The van der Waals surface area contributed by atoms with E-state index in [-0.39, 0.29) is 34.9 Å². The molecule has 2 heterocycles. The van der Waals surface area contributed by atoms with Gasteiger partial charge in [0.2, 0.25) is 23.0 Å². The Morgan fingerprint density at radius 1 is 0.474 bits per heavy atom. The van der Waals surface area contributed by atoms with Gasteiger partial charge in [-0.1, -0.05) is 0 Å². The number of carboxylic acids is 2. The molecule has 0 aromatic heterocycles. The fourth-order valence-corrected chi connectivity index (χ4v) is 11.9. The number of rotatable bonds is 27. The largest absolute Gasteiger partial charge is 0.493 e. The molecule has 0 spiro atoms. The zero-order valence-electron chi connectivity index (χ0n) is 46.4. The quantitative estimate of drug-likeness (QED) is 0.0542. The van der Waals surface area contributed by atoms with Crippen LogP contribution in [0.5, 0.6) is 69.0 Å². The minimum absolute atomic E-state index is 0.0789. The molecule has 2 N–H and O–H groups in total. The number of hydrogen-bond donors (Lipinski definition) is 2. The number of ether oxygens (including phenoxy) is 12. The molecule has 0 fully saturated rings. The van der Waals surface area contributed by atoms with Crippen molar-refractivity contribution in [2.24, 2.45) is 5.41 Å². The Kier molecular flexibility index (Phi) is 18.5. The number of likely N-dealkylation sites (N-methyl/N-ethyl adjacent to an activating group) is 2. The van der Waals surface area contributed by atoms with Crippen LogP contribution in [0.3, 0.4) is 0 Å². The first-order chi connectivity index (χ1) is 36.2. The van der Waals surface area contributed by atoms with E-state index in [1.54, 1.807) is 0 Å². The Labute approximate surface area is 444 Å². The van der Waals surface area contributed by atoms with Gasteiger partial charge in [-0.25, -0.2) is 4.79 Å². The number of carboxylic acid groups (broad SMARTS) is 2. The van der Waals surface area contributed by atoms with Gasteiger partial charge in [-0.2, -0.15) is 8.78 Å². The Morgan fingerprint density at radius 3 is 1.04 bits per heavy atom. The second-order valence-corrected chi connectivity index (χ2v) is 19.8. The van der Waals surface area contributed by atoms with Gasteiger partial charge in [0.1, 0.15) is 17.5 Å². The lowest BCUT2D eigenvalue weighted by atomic mass is 9.72. The van der Waals surface area contributed by atoms with Gasteiger partial charge in [0.15, 0.2) is 46.0 Å². The molecule has 4 atom stereocenters. The van der Waals surface area contributed by atoms with Gasteiger partial charge in [0.05, 0.1) is 137 Å². The fraction of sp³-hybridized carbons (Fsp3) is 0.536. The van der Waals surface area contributed by atoms with Crippen molar-refractivity contribution in [1.82, 2.24) is 0 Å². The van der Waals surface area contributed by atoms with Crippen molar-refractivity contribution in [3.8, 4) is 69.0 Å². The van der Waals surface area contributed by atoms with E-state index in [1.165, 1.54) is 85.3 Å². The third-order valence-electron chi connectivity index (χ3n) is 16.0. The number of fused-ring (bicyclic) bond motifs is 2. The third kappa shape index (κ3) is 10.7. The lowest BCUT2D eigenvalue weighted by Crippen LogP contribution is -2.56. The van der Waals surface area contributed by atoms with Crippen LogP contribution in [0.1, 0.15) is 71.1 Å². The summed E-state index contributed by atoms with van der Waals surface area (Å²) in [7, 11) is 22.3. The van der Waals surface area contributed by atoms with Crippen LogP contribution in [-0.2, 0) is 35.3 Å². The van der Waals surface area contributed by atoms with E-state index in [9.17, 15) is 19.8 Å². The molecule has 0 unspecified atom stereocenters. The van der Waals surface area contributed by atoms with Crippen LogP contribution in [0.15, 0.2) is 36.4 Å². The van der Waals surface area contributed by atoms with Gasteiger partial charge >= 0.3 is 17.9 Å². The van der Waals surface area contributed by atoms with E-state index in [1.807, 2.05) is 50.5 Å². The Bertz CT molecular complexity index is 2520. The molecular formula is C56H76F2N2O16+2. The normalized spacial score (nSPS) is 19.1. The number of alkyl halides is 2.